The number of carbonyl (C=O) groups excluding carboxylic acids is 3. The van der Waals surface area contributed by atoms with Crippen molar-refractivity contribution in [2.75, 3.05) is 18.5 Å². The average Bonchev–Trinajstić information content (AvgIpc) is 3.05. The fraction of sp³-hybridized carbons (Fsp3) is 0.318. The molecule has 1 unspecified atom stereocenters. The molecule has 6 nitrogen and oxygen atoms in total. The Bertz CT molecular complexity index is 879. The van der Waals surface area contributed by atoms with E-state index in [4.69, 9.17) is 4.74 Å². The highest BCUT2D eigenvalue weighted by Crippen LogP contribution is 2.22. The summed E-state index contributed by atoms with van der Waals surface area (Å²) in [5.41, 5.74) is 3.75. The SMILES string of the molecule is Cc1cccc(NC(=O)COC(=O)C2CC(=O)N(Cc3ccccc3)C2)c1C. The van der Waals surface area contributed by atoms with Gasteiger partial charge < -0.3 is 15.0 Å². The Morgan fingerprint density at radius 3 is 2.61 bits per heavy atom. The smallest absolute Gasteiger partial charge is 0.311 e. The van der Waals surface area contributed by atoms with Crippen LogP contribution < -0.4 is 5.32 Å². The molecular weight excluding hydrogens is 356 g/mol. The zero-order valence-corrected chi connectivity index (χ0v) is 16.1. The van der Waals surface area contributed by atoms with Gasteiger partial charge in [-0.15, -0.1) is 0 Å². The summed E-state index contributed by atoms with van der Waals surface area (Å²) < 4.78 is 5.15. The largest absolute Gasteiger partial charge is 0.455 e. The number of hydrogen-bond donors (Lipinski definition) is 1. The van der Waals surface area contributed by atoms with Crippen LogP contribution in [0.2, 0.25) is 0 Å². The topological polar surface area (TPSA) is 75.7 Å². The van der Waals surface area contributed by atoms with Gasteiger partial charge in [-0.2, -0.15) is 0 Å². The Morgan fingerprint density at radius 1 is 1.11 bits per heavy atom. The van der Waals surface area contributed by atoms with E-state index in [0.717, 1.165) is 16.7 Å². The number of likely N-dealkylation sites (tertiary alicyclic amines) is 1. The number of rotatable bonds is 6. The van der Waals surface area contributed by atoms with Crippen LogP contribution in [0, 0.1) is 19.8 Å². The van der Waals surface area contributed by atoms with Crippen LogP contribution >= 0.6 is 0 Å². The standard InChI is InChI=1S/C22H24N2O4/c1-15-7-6-10-19(16(15)2)23-20(25)14-28-22(27)18-11-21(26)24(13-18)12-17-8-4-3-5-9-17/h3-10,18H,11-14H2,1-2H3,(H,23,25). The summed E-state index contributed by atoms with van der Waals surface area (Å²) in [7, 11) is 0. The zero-order valence-electron chi connectivity index (χ0n) is 16.1. The first-order valence-corrected chi connectivity index (χ1v) is 9.28. The van der Waals surface area contributed by atoms with Crippen LogP contribution in [0.4, 0.5) is 5.69 Å². The van der Waals surface area contributed by atoms with Crippen molar-refractivity contribution < 1.29 is 19.1 Å². The fourth-order valence-corrected chi connectivity index (χ4v) is 3.21. The predicted octanol–water partition coefficient (Wildman–Crippen LogP) is 2.83. The highest BCUT2D eigenvalue weighted by atomic mass is 16.5. The lowest BCUT2D eigenvalue weighted by Crippen LogP contribution is -2.28. The molecule has 1 aliphatic heterocycles. The lowest BCUT2D eigenvalue weighted by atomic mass is 10.1. The van der Waals surface area contributed by atoms with Crippen molar-refractivity contribution in [1.29, 1.82) is 0 Å². The van der Waals surface area contributed by atoms with Gasteiger partial charge in [-0.25, -0.2) is 0 Å². The van der Waals surface area contributed by atoms with Crippen molar-refractivity contribution in [3.8, 4) is 0 Å². The van der Waals surface area contributed by atoms with E-state index in [1.54, 1.807) is 11.0 Å². The highest BCUT2D eigenvalue weighted by Gasteiger charge is 2.35. The normalized spacial score (nSPS) is 16.1. The Balaban J connectivity index is 1.49. The molecule has 146 valence electrons. The molecule has 0 radical (unpaired) electrons. The van der Waals surface area contributed by atoms with Crippen LogP contribution in [0.1, 0.15) is 23.1 Å². The number of anilines is 1. The van der Waals surface area contributed by atoms with Crippen molar-refractivity contribution in [1.82, 2.24) is 4.90 Å². The molecule has 0 aliphatic carbocycles. The average molecular weight is 380 g/mol. The van der Waals surface area contributed by atoms with E-state index in [1.807, 2.05) is 56.3 Å². The van der Waals surface area contributed by atoms with Gasteiger partial charge in [0.25, 0.3) is 5.91 Å². The Hall–Kier alpha value is -3.15. The first-order valence-electron chi connectivity index (χ1n) is 9.28. The minimum Gasteiger partial charge on any atom is -0.455 e. The van der Waals surface area contributed by atoms with Crippen LogP contribution in [-0.2, 0) is 25.7 Å². The van der Waals surface area contributed by atoms with Gasteiger partial charge in [0.15, 0.2) is 6.61 Å². The molecule has 1 heterocycles. The highest BCUT2D eigenvalue weighted by molar-refractivity contribution is 5.94. The first kappa shape index (κ1) is 19.6. The fourth-order valence-electron chi connectivity index (χ4n) is 3.21. The van der Waals surface area contributed by atoms with Crippen LogP contribution in [0.25, 0.3) is 0 Å². The molecule has 28 heavy (non-hydrogen) atoms. The van der Waals surface area contributed by atoms with Crippen LogP contribution in [0.3, 0.4) is 0 Å². The zero-order chi connectivity index (χ0) is 20.1. The third-order valence-electron chi connectivity index (χ3n) is 4.99. The van der Waals surface area contributed by atoms with E-state index >= 15 is 0 Å². The van der Waals surface area contributed by atoms with E-state index < -0.39 is 17.8 Å². The summed E-state index contributed by atoms with van der Waals surface area (Å²) in [5, 5.41) is 2.75. The summed E-state index contributed by atoms with van der Waals surface area (Å²) in [4.78, 5) is 38.2. The van der Waals surface area contributed by atoms with Crippen molar-refractivity contribution >= 4 is 23.5 Å². The Labute approximate surface area is 164 Å². The minimum absolute atomic E-state index is 0.0781. The summed E-state index contributed by atoms with van der Waals surface area (Å²) in [6, 6.07) is 15.2. The van der Waals surface area contributed by atoms with E-state index in [-0.39, 0.29) is 18.9 Å². The van der Waals surface area contributed by atoms with Gasteiger partial charge in [-0.3, -0.25) is 14.4 Å². The van der Waals surface area contributed by atoms with E-state index in [0.29, 0.717) is 18.8 Å². The molecule has 0 spiro atoms. The third kappa shape index (κ3) is 4.76. The second-order valence-electron chi connectivity index (χ2n) is 7.06. The first-order chi connectivity index (χ1) is 13.4. The van der Waals surface area contributed by atoms with E-state index in [2.05, 4.69) is 5.32 Å². The molecular formula is C22H24N2O4. The number of hydrogen-bond acceptors (Lipinski definition) is 4. The van der Waals surface area contributed by atoms with Crippen LogP contribution in [0.5, 0.6) is 0 Å². The number of amides is 2. The quantitative estimate of drug-likeness (QED) is 0.782. The molecule has 1 N–H and O–H groups in total. The molecule has 0 aromatic heterocycles. The van der Waals surface area contributed by atoms with Gasteiger partial charge in [0.2, 0.25) is 5.91 Å². The Morgan fingerprint density at radius 2 is 1.86 bits per heavy atom. The van der Waals surface area contributed by atoms with Gasteiger partial charge >= 0.3 is 5.97 Å². The van der Waals surface area contributed by atoms with E-state index in [1.165, 1.54) is 0 Å². The molecule has 6 heteroatoms. The van der Waals surface area contributed by atoms with Crippen LogP contribution in [0.15, 0.2) is 48.5 Å². The molecule has 1 atom stereocenters. The maximum atomic E-state index is 12.3. The second kappa shape index (κ2) is 8.69. The number of carbonyl (C=O) groups is 3. The number of nitrogens with zero attached hydrogens (tertiary/aromatic N) is 1. The van der Waals surface area contributed by atoms with Gasteiger partial charge in [-0.1, -0.05) is 42.5 Å². The number of nitrogens with one attached hydrogen (secondary N) is 1. The number of aryl methyl sites for hydroxylation is 1. The summed E-state index contributed by atoms with van der Waals surface area (Å²) >= 11 is 0. The maximum Gasteiger partial charge on any atom is 0.311 e. The molecule has 0 bridgehead atoms. The van der Waals surface area contributed by atoms with Gasteiger partial charge in [0.1, 0.15) is 0 Å². The molecule has 1 fully saturated rings. The van der Waals surface area contributed by atoms with Gasteiger partial charge in [0, 0.05) is 25.2 Å². The molecule has 2 amide bonds. The van der Waals surface area contributed by atoms with Crippen molar-refractivity contribution in [3.63, 3.8) is 0 Å². The molecule has 0 saturated carbocycles. The lowest BCUT2D eigenvalue weighted by molar-refractivity contribution is -0.151. The molecule has 2 aromatic rings. The summed E-state index contributed by atoms with van der Waals surface area (Å²) in [6.07, 6.45) is 0.115. The number of benzene rings is 2. The lowest BCUT2D eigenvalue weighted by Gasteiger charge is -2.16. The van der Waals surface area contributed by atoms with E-state index in [9.17, 15) is 14.4 Å². The predicted molar refractivity (Wildman–Crippen MR) is 105 cm³/mol. The molecule has 1 saturated heterocycles. The third-order valence-corrected chi connectivity index (χ3v) is 4.99. The van der Waals surface area contributed by atoms with Gasteiger partial charge in [0.05, 0.1) is 5.92 Å². The maximum absolute atomic E-state index is 12.3. The van der Waals surface area contributed by atoms with Gasteiger partial charge in [-0.05, 0) is 36.6 Å². The summed E-state index contributed by atoms with van der Waals surface area (Å²) in [5.74, 6) is -1.53. The second-order valence-corrected chi connectivity index (χ2v) is 7.06. The number of ether oxygens (including phenoxy) is 1. The van der Waals surface area contributed by atoms with Crippen molar-refractivity contribution in [2.45, 2.75) is 26.8 Å². The van der Waals surface area contributed by atoms with Crippen molar-refractivity contribution in [2.24, 2.45) is 5.92 Å². The monoisotopic (exact) mass is 380 g/mol. The van der Waals surface area contributed by atoms with Crippen LogP contribution in [-0.4, -0.2) is 35.8 Å². The molecule has 3 rings (SSSR count). The molecule has 1 aliphatic rings. The summed E-state index contributed by atoms with van der Waals surface area (Å²) in [6.45, 7) is 4.29. The van der Waals surface area contributed by atoms with Crippen molar-refractivity contribution in [3.05, 3.63) is 65.2 Å². The number of esters is 1. The molecule has 2 aromatic carbocycles. The minimum atomic E-state index is -0.537. The Kier molecular flexibility index (Phi) is 6.09.